The third-order valence-corrected chi connectivity index (χ3v) is 4.37. The van der Waals surface area contributed by atoms with E-state index in [9.17, 15) is 22.4 Å². The minimum atomic E-state index is -4.75. The molecule has 1 heterocycles. The summed E-state index contributed by atoms with van der Waals surface area (Å²) in [6.45, 7) is -0.708. The molecule has 0 bridgehead atoms. The van der Waals surface area contributed by atoms with Crippen LogP contribution in [0.3, 0.4) is 0 Å². The molecule has 154 valence electrons. The average Bonchev–Trinajstić information content (AvgIpc) is 3.08. The van der Waals surface area contributed by atoms with E-state index in [4.69, 9.17) is 35.8 Å². The molecular formula is C18H10BCl2F4N3O2. The van der Waals surface area contributed by atoms with Gasteiger partial charge >= 0.3 is 6.18 Å². The van der Waals surface area contributed by atoms with Crippen LogP contribution in [0.25, 0.3) is 5.69 Å². The van der Waals surface area contributed by atoms with Gasteiger partial charge < -0.3 is 10.1 Å². The number of nitrogens with zero attached hydrogens (tertiary/aromatic N) is 2. The second-order valence-corrected chi connectivity index (χ2v) is 6.73. The number of amides is 1. The zero-order valence-corrected chi connectivity index (χ0v) is 16.3. The molecule has 3 rings (SSSR count). The zero-order chi connectivity index (χ0) is 22.1. The lowest BCUT2D eigenvalue weighted by Gasteiger charge is -2.13. The summed E-state index contributed by atoms with van der Waals surface area (Å²) in [6.07, 6.45) is -4.75. The molecule has 30 heavy (non-hydrogen) atoms. The highest BCUT2D eigenvalue weighted by atomic mass is 35.5. The van der Waals surface area contributed by atoms with Crippen LogP contribution in [0.4, 0.5) is 23.2 Å². The van der Waals surface area contributed by atoms with Gasteiger partial charge in [-0.2, -0.15) is 23.0 Å². The Bertz CT molecular complexity index is 1080. The molecule has 2 aromatic carbocycles. The number of ether oxygens (including phenoxy) is 1. The van der Waals surface area contributed by atoms with Crippen molar-refractivity contribution in [3.8, 4) is 11.6 Å². The number of carbonyl (C=O) groups is 1. The number of carbonyl (C=O) groups excluding carboxylic acids is 1. The van der Waals surface area contributed by atoms with Crippen LogP contribution >= 0.6 is 23.2 Å². The molecule has 0 aliphatic rings. The minimum Gasteiger partial charge on any atom is -0.467 e. The lowest BCUT2D eigenvalue weighted by Crippen LogP contribution is -2.25. The summed E-state index contributed by atoms with van der Waals surface area (Å²) in [6, 6.07) is 8.55. The lowest BCUT2D eigenvalue weighted by molar-refractivity contribution is -0.141. The van der Waals surface area contributed by atoms with E-state index in [1.807, 2.05) is 0 Å². The molecule has 3 aromatic rings. The maximum absolute atomic E-state index is 13.2. The maximum atomic E-state index is 13.2. The molecule has 0 saturated heterocycles. The number of para-hydroxylation sites is 1. The number of benzene rings is 2. The van der Waals surface area contributed by atoms with Crippen LogP contribution in [0.1, 0.15) is 5.69 Å². The Kier molecular flexibility index (Phi) is 6.28. The van der Waals surface area contributed by atoms with Crippen LogP contribution in [-0.2, 0) is 11.0 Å². The van der Waals surface area contributed by atoms with Gasteiger partial charge in [0.25, 0.3) is 5.91 Å². The highest BCUT2D eigenvalue weighted by Gasteiger charge is 2.36. The van der Waals surface area contributed by atoms with Gasteiger partial charge in [0.05, 0.1) is 21.4 Å². The van der Waals surface area contributed by atoms with E-state index in [1.54, 1.807) is 12.1 Å². The zero-order valence-electron chi connectivity index (χ0n) is 14.8. The molecule has 1 N–H and O–H groups in total. The minimum absolute atomic E-state index is 0.0535. The molecule has 5 nitrogen and oxygen atoms in total. The van der Waals surface area contributed by atoms with Crippen molar-refractivity contribution in [1.29, 1.82) is 0 Å². The van der Waals surface area contributed by atoms with Crippen molar-refractivity contribution in [1.82, 2.24) is 9.78 Å². The summed E-state index contributed by atoms with van der Waals surface area (Å²) in [7, 11) is 5.61. The Labute approximate surface area is 178 Å². The Hall–Kier alpha value is -2.72. The van der Waals surface area contributed by atoms with Crippen molar-refractivity contribution in [2.45, 2.75) is 6.18 Å². The topological polar surface area (TPSA) is 56.1 Å². The Morgan fingerprint density at radius 2 is 1.87 bits per heavy atom. The molecule has 12 heteroatoms. The molecule has 0 aliphatic carbocycles. The summed E-state index contributed by atoms with van der Waals surface area (Å²) in [5, 5.41) is 5.77. The molecule has 1 amide bonds. The SMILES string of the molecule is [B]c1cc(F)cc(Cl)c1NC(=O)COc1cc(C(F)(F)F)nn1-c1ccccc1Cl. The first-order valence-electron chi connectivity index (χ1n) is 8.15. The first-order valence-corrected chi connectivity index (χ1v) is 8.91. The summed E-state index contributed by atoms with van der Waals surface area (Å²) >= 11 is 11.9. The van der Waals surface area contributed by atoms with Gasteiger partial charge in [0.15, 0.2) is 12.3 Å². The van der Waals surface area contributed by atoms with E-state index < -0.39 is 30.2 Å². The number of rotatable bonds is 5. The van der Waals surface area contributed by atoms with Crippen molar-refractivity contribution in [3.63, 3.8) is 0 Å². The van der Waals surface area contributed by atoms with E-state index >= 15 is 0 Å². The van der Waals surface area contributed by atoms with E-state index in [0.29, 0.717) is 6.07 Å². The van der Waals surface area contributed by atoms with Crippen LogP contribution < -0.4 is 15.5 Å². The fraction of sp³-hybridized carbons (Fsp3) is 0.111. The van der Waals surface area contributed by atoms with Gasteiger partial charge in [-0.15, -0.1) is 0 Å². The Morgan fingerprint density at radius 3 is 2.50 bits per heavy atom. The molecule has 0 spiro atoms. The average molecular weight is 458 g/mol. The Morgan fingerprint density at radius 1 is 1.17 bits per heavy atom. The molecule has 0 atom stereocenters. The van der Waals surface area contributed by atoms with Gasteiger partial charge in [0.1, 0.15) is 13.7 Å². The molecule has 0 fully saturated rings. The second-order valence-electron chi connectivity index (χ2n) is 5.92. The van der Waals surface area contributed by atoms with Crippen LogP contribution in [0.2, 0.25) is 10.0 Å². The normalized spacial score (nSPS) is 11.4. The Balaban J connectivity index is 1.83. The first-order chi connectivity index (χ1) is 14.1. The summed E-state index contributed by atoms with van der Waals surface area (Å²) in [5.41, 5.74) is -1.30. The van der Waals surface area contributed by atoms with E-state index in [1.165, 1.54) is 12.1 Å². The third-order valence-electron chi connectivity index (χ3n) is 3.75. The smallest absolute Gasteiger partial charge is 0.435 e. The van der Waals surface area contributed by atoms with E-state index in [2.05, 4.69) is 10.4 Å². The number of hydrogen-bond acceptors (Lipinski definition) is 3. The maximum Gasteiger partial charge on any atom is 0.435 e. The van der Waals surface area contributed by atoms with Crippen molar-refractivity contribution >= 4 is 48.1 Å². The lowest BCUT2D eigenvalue weighted by atomic mass is 9.94. The summed E-state index contributed by atoms with van der Waals surface area (Å²) < 4.78 is 58.6. The molecule has 0 saturated carbocycles. The number of anilines is 1. The largest absolute Gasteiger partial charge is 0.467 e. The van der Waals surface area contributed by atoms with Crippen LogP contribution in [0, 0.1) is 5.82 Å². The number of alkyl halides is 3. The molecule has 1 aromatic heterocycles. The van der Waals surface area contributed by atoms with Crippen molar-refractivity contribution in [3.05, 3.63) is 64.0 Å². The van der Waals surface area contributed by atoms with Crippen molar-refractivity contribution in [2.75, 3.05) is 11.9 Å². The van der Waals surface area contributed by atoms with Gasteiger partial charge in [-0.3, -0.25) is 4.79 Å². The number of nitrogens with one attached hydrogen (secondary N) is 1. The standard InChI is InChI=1S/C18H10BCl2F4N3O2/c19-10-5-9(22)6-12(21)17(10)26-15(29)8-30-16-7-14(18(23,24)25)27-28(16)13-4-2-1-3-11(13)20/h1-7H,8H2,(H,26,29). The number of halogens is 6. The fourth-order valence-electron chi connectivity index (χ4n) is 2.44. The summed E-state index contributed by atoms with van der Waals surface area (Å²) in [4.78, 5) is 12.2. The quantitative estimate of drug-likeness (QED) is 0.462. The highest BCUT2D eigenvalue weighted by molar-refractivity contribution is 6.42. The molecule has 2 radical (unpaired) electrons. The highest BCUT2D eigenvalue weighted by Crippen LogP contribution is 2.33. The van der Waals surface area contributed by atoms with Crippen molar-refractivity contribution < 1.29 is 27.1 Å². The predicted molar refractivity (Wildman–Crippen MR) is 104 cm³/mol. The number of aromatic nitrogens is 2. The van der Waals surface area contributed by atoms with Gasteiger partial charge in [-0.1, -0.05) is 40.8 Å². The van der Waals surface area contributed by atoms with Crippen LogP contribution in [0.15, 0.2) is 42.5 Å². The van der Waals surface area contributed by atoms with Gasteiger partial charge in [-0.25, -0.2) is 4.39 Å². The predicted octanol–water partition coefficient (Wildman–Crippen LogP) is 4.15. The molecular weight excluding hydrogens is 448 g/mol. The van der Waals surface area contributed by atoms with Gasteiger partial charge in [-0.05, 0) is 24.3 Å². The van der Waals surface area contributed by atoms with Crippen LogP contribution in [-0.4, -0.2) is 30.1 Å². The van der Waals surface area contributed by atoms with E-state index in [0.717, 1.165) is 16.8 Å². The molecule has 0 unspecified atom stereocenters. The van der Waals surface area contributed by atoms with E-state index in [-0.39, 0.29) is 32.8 Å². The monoisotopic (exact) mass is 457 g/mol. The first kappa shape index (κ1) is 22.0. The second kappa shape index (κ2) is 8.57. The van der Waals surface area contributed by atoms with Gasteiger partial charge in [0.2, 0.25) is 5.88 Å². The fourth-order valence-corrected chi connectivity index (χ4v) is 2.92. The van der Waals surface area contributed by atoms with Crippen LogP contribution in [0.5, 0.6) is 5.88 Å². The summed E-state index contributed by atoms with van der Waals surface area (Å²) in [5.74, 6) is -1.87. The third kappa shape index (κ3) is 4.88. The van der Waals surface area contributed by atoms with Gasteiger partial charge in [0, 0.05) is 6.07 Å². The number of hydrogen-bond donors (Lipinski definition) is 1. The van der Waals surface area contributed by atoms with Crippen molar-refractivity contribution in [2.24, 2.45) is 0 Å². The molecule has 0 aliphatic heterocycles.